The van der Waals surface area contributed by atoms with Crippen LogP contribution in [-0.4, -0.2) is 42.5 Å². The van der Waals surface area contributed by atoms with Gasteiger partial charge in [-0.05, 0) is 19.1 Å². The standard InChI is InChI=1S/C22H18F4N6O/c1-11-19(30-31-29-11)12-3-4-27-16(5-12)20-21(32(2)10-28-20)18-15(24)6-14(23)7-17(18)33-9-13-8-22(13,25)26/h3-7,10,13H,8-9H2,1-2H3,(H,29,30,31). The summed E-state index contributed by atoms with van der Waals surface area (Å²) in [7, 11) is 1.64. The van der Waals surface area contributed by atoms with E-state index in [-0.39, 0.29) is 30.0 Å². The maximum absolute atomic E-state index is 15.0. The van der Waals surface area contributed by atoms with E-state index < -0.39 is 23.5 Å². The Balaban J connectivity index is 1.59. The Hall–Kier alpha value is -3.76. The molecule has 1 saturated carbocycles. The summed E-state index contributed by atoms with van der Waals surface area (Å²) in [4.78, 5) is 8.72. The smallest absolute Gasteiger partial charge is 0.255 e. The predicted molar refractivity (Wildman–Crippen MR) is 110 cm³/mol. The van der Waals surface area contributed by atoms with Crippen molar-refractivity contribution in [2.45, 2.75) is 19.3 Å². The Kier molecular flexibility index (Phi) is 4.91. The quantitative estimate of drug-likeness (QED) is 0.429. The molecule has 1 aromatic carbocycles. The van der Waals surface area contributed by atoms with Crippen molar-refractivity contribution in [2.24, 2.45) is 13.0 Å². The summed E-state index contributed by atoms with van der Waals surface area (Å²) < 4.78 is 62.7. The van der Waals surface area contributed by atoms with E-state index in [1.54, 1.807) is 36.9 Å². The van der Waals surface area contributed by atoms with E-state index in [9.17, 15) is 13.2 Å². The summed E-state index contributed by atoms with van der Waals surface area (Å²) in [5.74, 6) is -5.75. The Labute approximate surface area is 185 Å². The summed E-state index contributed by atoms with van der Waals surface area (Å²) in [5, 5.41) is 10.7. The number of alkyl halides is 2. The number of imidazole rings is 1. The topological polar surface area (TPSA) is 81.5 Å². The van der Waals surface area contributed by atoms with Gasteiger partial charge in [0, 0.05) is 37.4 Å². The van der Waals surface area contributed by atoms with Crippen molar-refractivity contribution in [2.75, 3.05) is 6.61 Å². The number of nitrogens with one attached hydrogen (secondary N) is 1. The number of pyridine rings is 1. The van der Waals surface area contributed by atoms with Gasteiger partial charge in [0.15, 0.2) is 0 Å². The zero-order valence-corrected chi connectivity index (χ0v) is 17.6. The van der Waals surface area contributed by atoms with E-state index in [1.165, 1.54) is 6.33 Å². The SMILES string of the molecule is Cc1n[nH]nc1-c1ccnc(-c2ncn(C)c2-c2c(F)cc(F)cc2OCC2CC2(F)F)c1. The molecule has 0 amide bonds. The first-order valence-electron chi connectivity index (χ1n) is 10.1. The Morgan fingerprint density at radius 2 is 1.94 bits per heavy atom. The van der Waals surface area contributed by atoms with E-state index in [4.69, 9.17) is 4.74 Å². The fourth-order valence-electron chi connectivity index (χ4n) is 3.71. The molecule has 1 unspecified atom stereocenters. The fourth-order valence-corrected chi connectivity index (χ4v) is 3.71. The lowest BCUT2D eigenvalue weighted by molar-refractivity contribution is 0.0856. The van der Waals surface area contributed by atoms with Crippen molar-refractivity contribution < 1.29 is 22.3 Å². The van der Waals surface area contributed by atoms with Gasteiger partial charge in [-0.1, -0.05) is 0 Å². The van der Waals surface area contributed by atoms with Gasteiger partial charge in [-0.25, -0.2) is 22.5 Å². The average Bonchev–Trinajstić information content (AvgIpc) is 3.05. The van der Waals surface area contributed by atoms with E-state index in [2.05, 4.69) is 25.4 Å². The average molecular weight is 458 g/mol. The summed E-state index contributed by atoms with van der Waals surface area (Å²) in [6.45, 7) is 1.45. The van der Waals surface area contributed by atoms with Crippen LogP contribution in [-0.2, 0) is 7.05 Å². The molecular weight excluding hydrogens is 440 g/mol. The van der Waals surface area contributed by atoms with Crippen LogP contribution in [0, 0.1) is 24.5 Å². The van der Waals surface area contributed by atoms with Crippen molar-refractivity contribution in [3.05, 3.63) is 54.1 Å². The number of halogens is 4. The molecule has 4 aromatic rings. The molecule has 5 rings (SSSR count). The monoisotopic (exact) mass is 458 g/mol. The van der Waals surface area contributed by atoms with Crippen LogP contribution < -0.4 is 4.74 Å². The van der Waals surface area contributed by atoms with Crippen LogP contribution >= 0.6 is 0 Å². The largest absolute Gasteiger partial charge is 0.492 e. The highest BCUT2D eigenvalue weighted by Crippen LogP contribution is 2.49. The fraction of sp³-hybridized carbons (Fsp3) is 0.273. The molecule has 0 spiro atoms. The van der Waals surface area contributed by atoms with Crippen LogP contribution in [0.2, 0.25) is 0 Å². The van der Waals surface area contributed by atoms with Gasteiger partial charge in [-0.3, -0.25) is 4.98 Å². The number of aromatic amines is 1. The first kappa shape index (κ1) is 21.1. The van der Waals surface area contributed by atoms with Gasteiger partial charge >= 0.3 is 0 Å². The predicted octanol–water partition coefficient (Wildman–Crippen LogP) is 4.55. The number of ether oxygens (including phenoxy) is 1. The van der Waals surface area contributed by atoms with E-state index >= 15 is 4.39 Å². The highest BCUT2D eigenvalue weighted by atomic mass is 19.3. The molecule has 1 N–H and O–H groups in total. The molecule has 1 aliphatic carbocycles. The molecule has 7 nitrogen and oxygen atoms in total. The maximum atomic E-state index is 15.0. The third kappa shape index (κ3) is 3.83. The summed E-state index contributed by atoms with van der Waals surface area (Å²) in [6.07, 6.45) is 2.71. The number of hydrogen-bond acceptors (Lipinski definition) is 5. The van der Waals surface area contributed by atoms with Crippen molar-refractivity contribution in [1.82, 2.24) is 29.9 Å². The highest BCUT2D eigenvalue weighted by Gasteiger charge is 2.57. The number of H-pyrrole nitrogens is 1. The number of rotatable bonds is 6. The van der Waals surface area contributed by atoms with Crippen LogP contribution in [0.15, 0.2) is 36.8 Å². The van der Waals surface area contributed by atoms with Crippen molar-refractivity contribution in [3.63, 3.8) is 0 Å². The number of aryl methyl sites for hydroxylation is 2. The van der Waals surface area contributed by atoms with Crippen molar-refractivity contribution >= 4 is 0 Å². The first-order chi connectivity index (χ1) is 15.7. The van der Waals surface area contributed by atoms with E-state index in [0.717, 1.165) is 11.6 Å². The van der Waals surface area contributed by atoms with Crippen molar-refractivity contribution in [1.29, 1.82) is 0 Å². The minimum atomic E-state index is -2.81. The van der Waals surface area contributed by atoms with Gasteiger partial charge in [0.2, 0.25) is 0 Å². The lowest BCUT2D eigenvalue weighted by atomic mass is 10.0. The van der Waals surface area contributed by atoms with Crippen LogP contribution in [0.3, 0.4) is 0 Å². The molecular formula is C22H18F4N6O. The lowest BCUT2D eigenvalue weighted by Gasteiger charge is -2.15. The molecule has 0 aliphatic heterocycles. The van der Waals surface area contributed by atoms with Gasteiger partial charge in [-0.2, -0.15) is 15.4 Å². The van der Waals surface area contributed by atoms with Crippen molar-refractivity contribution in [3.8, 4) is 39.7 Å². The Morgan fingerprint density at radius 3 is 2.64 bits per heavy atom. The summed E-state index contributed by atoms with van der Waals surface area (Å²) in [6, 6.07) is 5.18. The van der Waals surface area contributed by atoms with Gasteiger partial charge < -0.3 is 9.30 Å². The Morgan fingerprint density at radius 1 is 1.15 bits per heavy atom. The molecule has 3 aromatic heterocycles. The van der Waals surface area contributed by atoms with Crippen LogP contribution in [0.4, 0.5) is 17.6 Å². The second-order valence-electron chi connectivity index (χ2n) is 7.97. The molecule has 11 heteroatoms. The molecule has 170 valence electrons. The molecule has 1 aliphatic rings. The van der Waals surface area contributed by atoms with E-state index in [0.29, 0.717) is 28.8 Å². The zero-order chi connectivity index (χ0) is 23.3. The number of hydrogen-bond donors (Lipinski definition) is 1. The third-order valence-corrected chi connectivity index (χ3v) is 5.59. The lowest BCUT2D eigenvalue weighted by Crippen LogP contribution is -2.08. The number of benzene rings is 1. The normalized spacial score (nSPS) is 16.7. The Bertz CT molecular complexity index is 1350. The molecule has 0 saturated heterocycles. The summed E-state index contributed by atoms with van der Waals surface area (Å²) >= 11 is 0. The van der Waals surface area contributed by atoms with Gasteiger partial charge in [0.05, 0.1) is 41.5 Å². The second kappa shape index (κ2) is 7.68. The minimum Gasteiger partial charge on any atom is -0.492 e. The zero-order valence-electron chi connectivity index (χ0n) is 17.6. The van der Waals surface area contributed by atoms with E-state index in [1.807, 2.05) is 0 Å². The molecule has 33 heavy (non-hydrogen) atoms. The molecule has 0 bridgehead atoms. The maximum Gasteiger partial charge on any atom is 0.255 e. The summed E-state index contributed by atoms with van der Waals surface area (Å²) in [5.41, 5.74) is 2.94. The van der Waals surface area contributed by atoms with Crippen LogP contribution in [0.1, 0.15) is 12.1 Å². The van der Waals surface area contributed by atoms with Crippen LogP contribution in [0.5, 0.6) is 5.75 Å². The molecule has 0 radical (unpaired) electrons. The number of nitrogens with zero attached hydrogens (tertiary/aromatic N) is 5. The molecule has 1 atom stereocenters. The second-order valence-corrected chi connectivity index (χ2v) is 7.97. The van der Waals surface area contributed by atoms with Gasteiger partial charge in [0.1, 0.15) is 28.8 Å². The van der Waals surface area contributed by atoms with Gasteiger partial charge in [0.25, 0.3) is 5.92 Å². The molecule has 3 heterocycles. The highest BCUT2D eigenvalue weighted by molar-refractivity contribution is 5.82. The van der Waals surface area contributed by atoms with Gasteiger partial charge in [-0.15, -0.1) is 0 Å². The first-order valence-corrected chi connectivity index (χ1v) is 10.1. The number of aromatic nitrogens is 6. The van der Waals surface area contributed by atoms with Crippen LogP contribution in [0.25, 0.3) is 33.9 Å². The molecule has 1 fully saturated rings. The minimum absolute atomic E-state index is 0.0832. The third-order valence-electron chi connectivity index (χ3n) is 5.59.